The van der Waals surface area contributed by atoms with Gasteiger partial charge in [0.2, 0.25) is 0 Å². The van der Waals surface area contributed by atoms with Crippen molar-refractivity contribution in [3.05, 3.63) is 0 Å². The average molecular weight is 150 g/mol. The molecule has 3 saturated carbocycles. The van der Waals surface area contributed by atoms with Gasteiger partial charge in [-0.3, -0.25) is 0 Å². The second-order valence-electron chi connectivity index (χ2n) is 5.03. The van der Waals surface area contributed by atoms with Crippen molar-refractivity contribution in [1.82, 2.24) is 0 Å². The zero-order chi connectivity index (χ0) is 7.26. The van der Waals surface area contributed by atoms with E-state index in [1.165, 1.54) is 30.1 Å². The highest BCUT2D eigenvalue weighted by Crippen LogP contribution is 2.57. The maximum atomic E-state index is 1.61. The fourth-order valence-corrected chi connectivity index (χ4v) is 3.30. The first-order valence-electron chi connectivity index (χ1n) is 5.43. The van der Waals surface area contributed by atoms with E-state index >= 15 is 0 Å². The summed E-state index contributed by atoms with van der Waals surface area (Å²) in [5, 5.41) is 0. The molecule has 0 bridgehead atoms. The zero-order valence-corrected chi connectivity index (χ0v) is 7.26. The van der Waals surface area contributed by atoms with Crippen molar-refractivity contribution in [3.8, 4) is 0 Å². The molecule has 0 aromatic heterocycles. The lowest BCUT2D eigenvalue weighted by atomic mass is 9.51. The van der Waals surface area contributed by atoms with Crippen molar-refractivity contribution in [2.75, 3.05) is 0 Å². The van der Waals surface area contributed by atoms with E-state index in [1.54, 1.807) is 38.5 Å². The highest BCUT2D eigenvalue weighted by molar-refractivity contribution is 4.97. The summed E-state index contributed by atoms with van der Waals surface area (Å²) in [4.78, 5) is 0. The van der Waals surface area contributed by atoms with Gasteiger partial charge in [0.15, 0.2) is 0 Å². The highest BCUT2D eigenvalue weighted by Gasteiger charge is 2.47. The first kappa shape index (κ1) is 6.51. The number of fused-ring (bicyclic) bond motifs is 1. The number of hydrogen-bond donors (Lipinski definition) is 0. The van der Waals surface area contributed by atoms with Crippen LogP contribution in [0.1, 0.15) is 44.9 Å². The molecule has 0 N–H and O–H groups in total. The molecule has 0 nitrogen and oxygen atoms in total. The smallest absolute Gasteiger partial charge is 0.0357 e. The molecule has 0 aromatic rings. The Morgan fingerprint density at radius 1 is 1.00 bits per heavy atom. The minimum atomic E-state index is 1.17. The summed E-state index contributed by atoms with van der Waals surface area (Å²) in [5.74, 6) is 4.79. The fraction of sp³-hybridized carbons (Fsp3) is 1.00. The Morgan fingerprint density at radius 2 is 1.91 bits per heavy atom. The third-order valence-electron chi connectivity index (χ3n) is 4.55. The second-order valence-corrected chi connectivity index (χ2v) is 5.03. The van der Waals surface area contributed by atoms with Gasteiger partial charge in [0, 0.05) is 0 Å². The highest BCUT2D eigenvalue weighted by atomic mass is 14.5. The van der Waals surface area contributed by atoms with Crippen molar-refractivity contribution in [3.63, 3.8) is 0 Å². The summed E-state index contributed by atoms with van der Waals surface area (Å²) < 4.78 is 0. The normalized spacial score (nSPS) is 48.5. The SMILES string of the molecule is C1CC(CC2CC3CCC32)C1. The Morgan fingerprint density at radius 3 is 2.27 bits per heavy atom. The van der Waals surface area contributed by atoms with Gasteiger partial charge >= 0.3 is 0 Å². The van der Waals surface area contributed by atoms with Crippen LogP contribution in [-0.2, 0) is 0 Å². The second kappa shape index (κ2) is 2.24. The van der Waals surface area contributed by atoms with Crippen LogP contribution in [0.5, 0.6) is 0 Å². The quantitative estimate of drug-likeness (QED) is 0.567. The Bertz CT molecular complexity index is 157. The molecule has 0 heterocycles. The van der Waals surface area contributed by atoms with Gasteiger partial charge in [-0.15, -0.1) is 0 Å². The fourth-order valence-electron chi connectivity index (χ4n) is 3.30. The zero-order valence-electron chi connectivity index (χ0n) is 7.26. The molecule has 0 aromatic carbocycles. The Kier molecular flexibility index (Phi) is 1.33. The molecule has 0 amide bonds. The van der Waals surface area contributed by atoms with E-state index < -0.39 is 0 Å². The molecule has 62 valence electrons. The predicted octanol–water partition coefficient (Wildman–Crippen LogP) is 3.22. The van der Waals surface area contributed by atoms with Gasteiger partial charge in [-0.25, -0.2) is 0 Å². The molecule has 3 rings (SSSR count). The van der Waals surface area contributed by atoms with Crippen LogP contribution in [0, 0.1) is 23.7 Å². The molecule has 3 fully saturated rings. The molecule has 11 heavy (non-hydrogen) atoms. The van der Waals surface area contributed by atoms with E-state index in [2.05, 4.69) is 0 Å². The van der Waals surface area contributed by atoms with Crippen LogP contribution < -0.4 is 0 Å². The van der Waals surface area contributed by atoms with Crippen molar-refractivity contribution < 1.29 is 0 Å². The molecule has 0 radical (unpaired) electrons. The van der Waals surface area contributed by atoms with Crippen molar-refractivity contribution >= 4 is 0 Å². The monoisotopic (exact) mass is 150 g/mol. The van der Waals surface area contributed by atoms with Crippen LogP contribution in [-0.4, -0.2) is 0 Å². The van der Waals surface area contributed by atoms with Crippen LogP contribution in [0.15, 0.2) is 0 Å². The molecule has 3 unspecified atom stereocenters. The minimum Gasteiger partial charge on any atom is -0.0528 e. The van der Waals surface area contributed by atoms with Gasteiger partial charge in [0.1, 0.15) is 0 Å². The molecule has 0 spiro atoms. The molecule has 0 aliphatic heterocycles. The summed E-state index contributed by atoms with van der Waals surface area (Å²) in [5.41, 5.74) is 0. The predicted molar refractivity (Wildman–Crippen MR) is 46.3 cm³/mol. The van der Waals surface area contributed by atoms with Gasteiger partial charge < -0.3 is 0 Å². The largest absolute Gasteiger partial charge is 0.0528 e. The molecule has 0 heteroatoms. The summed E-state index contributed by atoms with van der Waals surface area (Å²) in [6.07, 6.45) is 11.0. The Hall–Kier alpha value is 0. The van der Waals surface area contributed by atoms with Gasteiger partial charge in [0.05, 0.1) is 0 Å². The minimum absolute atomic E-state index is 1.17. The maximum Gasteiger partial charge on any atom is -0.0357 e. The summed E-state index contributed by atoms with van der Waals surface area (Å²) in [7, 11) is 0. The number of hydrogen-bond acceptors (Lipinski definition) is 0. The van der Waals surface area contributed by atoms with E-state index in [-0.39, 0.29) is 0 Å². The molecule has 0 saturated heterocycles. The van der Waals surface area contributed by atoms with Crippen molar-refractivity contribution in [2.45, 2.75) is 44.9 Å². The van der Waals surface area contributed by atoms with Crippen LogP contribution in [0.3, 0.4) is 0 Å². The van der Waals surface area contributed by atoms with Crippen molar-refractivity contribution in [2.24, 2.45) is 23.7 Å². The van der Waals surface area contributed by atoms with Crippen molar-refractivity contribution in [1.29, 1.82) is 0 Å². The van der Waals surface area contributed by atoms with E-state index in [1.807, 2.05) is 0 Å². The van der Waals surface area contributed by atoms with Crippen LogP contribution in [0.4, 0.5) is 0 Å². The average Bonchev–Trinajstić information content (AvgIpc) is 1.88. The van der Waals surface area contributed by atoms with E-state index in [4.69, 9.17) is 0 Å². The topological polar surface area (TPSA) is 0 Å². The summed E-state index contributed by atoms with van der Waals surface area (Å²) in [6, 6.07) is 0. The standard InChI is InChI=1S/C11H18/c1-2-8(3-1)6-10-7-9-4-5-11(9)10/h8-11H,1-7H2. The van der Waals surface area contributed by atoms with Gasteiger partial charge in [-0.05, 0) is 49.4 Å². The van der Waals surface area contributed by atoms with Crippen LogP contribution in [0.2, 0.25) is 0 Å². The van der Waals surface area contributed by atoms with Gasteiger partial charge in [-0.1, -0.05) is 19.3 Å². The first-order valence-corrected chi connectivity index (χ1v) is 5.43. The Labute approximate surface area is 69.4 Å². The molecule has 3 aliphatic carbocycles. The molecule has 3 atom stereocenters. The molecular formula is C11H18. The lowest BCUT2D eigenvalue weighted by molar-refractivity contribution is -0.0433. The van der Waals surface area contributed by atoms with Crippen LogP contribution in [0.25, 0.3) is 0 Å². The summed E-state index contributed by atoms with van der Waals surface area (Å²) >= 11 is 0. The maximum absolute atomic E-state index is 1.61. The van der Waals surface area contributed by atoms with Gasteiger partial charge in [0.25, 0.3) is 0 Å². The van der Waals surface area contributed by atoms with E-state index in [0.717, 1.165) is 0 Å². The Balaban J connectivity index is 1.49. The van der Waals surface area contributed by atoms with E-state index in [9.17, 15) is 0 Å². The lowest BCUT2D eigenvalue weighted by Gasteiger charge is -2.54. The molecular weight excluding hydrogens is 132 g/mol. The first-order chi connectivity index (χ1) is 5.43. The van der Waals surface area contributed by atoms with Gasteiger partial charge in [-0.2, -0.15) is 0 Å². The lowest BCUT2D eigenvalue weighted by Crippen LogP contribution is -2.45. The molecule has 3 aliphatic rings. The van der Waals surface area contributed by atoms with Crippen LogP contribution >= 0.6 is 0 Å². The van der Waals surface area contributed by atoms with E-state index in [0.29, 0.717) is 0 Å². The summed E-state index contributed by atoms with van der Waals surface area (Å²) in [6.45, 7) is 0. The number of rotatable bonds is 2. The third-order valence-corrected chi connectivity index (χ3v) is 4.55. The third kappa shape index (κ3) is 0.878.